The molecule has 0 aliphatic rings. The molecular weight excluding hydrogens is 429 g/mol. The molecule has 4 N–H and O–H groups in total. The average molecular weight is 452 g/mol. The van der Waals surface area contributed by atoms with Gasteiger partial charge in [-0.05, 0) is 66.1 Å². The van der Waals surface area contributed by atoms with Crippen molar-refractivity contribution in [3.63, 3.8) is 0 Å². The Morgan fingerprint density at radius 1 is 0.912 bits per heavy atom. The average Bonchev–Trinajstić information content (AvgIpc) is 3.19. The Morgan fingerprint density at radius 2 is 1.68 bits per heavy atom. The first-order valence-corrected chi connectivity index (χ1v) is 10.8. The maximum atomic E-state index is 13.9. The van der Waals surface area contributed by atoms with Crippen LogP contribution in [-0.4, -0.2) is 15.8 Å². The molecule has 0 bridgehead atoms. The highest BCUT2D eigenvalue weighted by Crippen LogP contribution is 2.34. The summed E-state index contributed by atoms with van der Waals surface area (Å²) < 4.78 is 15.8. The van der Waals surface area contributed by atoms with Crippen molar-refractivity contribution >= 4 is 34.1 Å². The molecule has 0 saturated heterocycles. The van der Waals surface area contributed by atoms with Crippen LogP contribution in [0.25, 0.3) is 27.7 Å². The molecule has 7 heteroatoms. The number of aromatic nitrogens is 2. The maximum Gasteiger partial charge on any atom is 0.323 e. The van der Waals surface area contributed by atoms with Crippen molar-refractivity contribution in [1.82, 2.24) is 9.78 Å². The number of hydrogen-bond acceptors (Lipinski definition) is 3. The molecule has 1 aromatic heterocycles. The van der Waals surface area contributed by atoms with Gasteiger partial charge in [0.2, 0.25) is 0 Å². The van der Waals surface area contributed by atoms with Crippen LogP contribution >= 0.6 is 0 Å². The van der Waals surface area contributed by atoms with Gasteiger partial charge < -0.3 is 16.4 Å². The zero-order chi connectivity index (χ0) is 23.7. The molecule has 5 aromatic rings. The number of benzene rings is 4. The van der Waals surface area contributed by atoms with Gasteiger partial charge in [-0.3, -0.25) is 0 Å². The van der Waals surface area contributed by atoms with E-state index in [9.17, 15) is 9.18 Å². The van der Waals surface area contributed by atoms with E-state index in [2.05, 4.69) is 15.7 Å². The van der Waals surface area contributed by atoms with Gasteiger partial charge >= 0.3 is 6.03 Å². The van der Waals surface area contributed by atoms with Crippen LogP contribution < -0.4 is 16.4 Å². The normalized spacial score (nSPS) is 10.9. The minimum atomic E-state index is -0.521. The number of carbonyl (C=O) groups is 1. The number of nitrogens with zero attached hydrogens (tertiary/aromatic N) is 2. The van der Waals surface area contributed by atoms with Gasteiger partial charge in [0.25, 0.3) is 0 Å². The summed E-state index contributed by atoms with van der Waals surface area (Å²) in [5.74, 6) is -0.0472. The summed E-state index contributed by atoms with van der Waals surface area (Å²) in [6, 6.07) is 27.2. The summed E-state index contributed by atoms with van der Waals surface area (Å²) >= 11 is 0. The lowest BCUT2D eigenvalue weighted by atomic mass is 10.0. The zero-order valence-electron chi connectivity index (χ0n) is 18.4. The number of para-hydroxylation sites is 1. The minimum Gasteiger partial charge on any atom is -0.382 e. The lowest BCUT2D eigenvalue weighted by Crippen LogP contribution is -2.20. The molecule has 0 atom stereocenters. The molecule has 0 radical (unpaired) electrons. The number of aryl methyl sites for hydroxylation is 1. The molecule has 34 heavy (non-hydrogen) atoms. The topological polar surface area (TPSA) is 85.0 Å². The maximum absolute atomic E-state index is 13.9. The molecule has 2 amide bonds. The summed E-state index contributed by atoms with van der Waals surface area (Å²) in [5, 5.41) is 10.7. The molecule has 0 fully saturated rings. The molecule has 0 aliphatic heterocycles. The van der Waals surface area contributed by atoms with E-state index in [1.165, 1.54) is 6.07 Å². The van der Waals surface area contributed by atoms with Crippen molar-refractivity contribution < 1.29 is 9.18 Å². The third kappa shape index (κ3) is 4.06. The highest BCUT2D eigenvalue weighted by molar-refractivity contribution is 6.03. The second kappa shape index (κ2) is 8.71. The smallest absolute Gasteiger partial charge is 0.323 e. The number of hydrogen-bond donors (Lipinski definition) is 3. The number of urea groups is 1. The van der Waals surface area contributed by atoms with Crippen molar-refractivity contribution in [1.29, 1.82) is 0 Å². The third-order valence-corrected chi connectivity index (χ3v) is 5.56. The zero-order valence-corrected chi connectivity index (χ0v) is 18.4. The molecule has 0 aliphatic carbocycles. The molecule has 0 unspecified atom stereocenters. The number of fused-ring (bicyclic) bond motifs is 1. The lowest BCUT2D eigenvalue weighted by Gasteiger charge is -2.10. The van der Waals surface area contributed by atoms with Crippen molar-refractivity contribution in [3.8, 4) is 16.8 Å². The molecule has 0 saturated carbocycles. The van der Waals surface area contributed by atoms with E-state index in [1.54, 1.807) is 24.3 Å². The van der Waals surface area contributed by atoms with E-state index in [4.69, 9.17) is 5.73 Å². The number of rotatable bonds is 4. The third-order valence-electron chi connectivity index (χ3n) is 5.56. The van der Waals surface area contributed by atoms with Gasteiger partial charge in [0.15, 0.2) is 5.82 Å². The van der Waals surface area contributed by atoms with Crippen LogP contribution in [0.5, 0.6) is 0 Å². The van der Waals surface area contributed by atoms with Gasteiger partial charge in [-0.25, -0.2) is 13.9 Å². The van der Waals surface area contributed by atoms with Crippen LogP contribution in [-0.2, 0) is 0 Å². The number of carbonyl (C=O) groups excluding carboxylic acids is 1. The van der Waals surface area contributed by atoms with Crippen molar-refractivity contribution in [3.05, 3.63) is 102 Å². The van der Waals surface area contributed by atoms with Crippen LogP contribution in [0.4, 0.5) is 26.4 Å². The molecule has 5 rings (SSSR count). The fraction of sp³-hybridized carbons (Fsp3) is 0.0370. The second-order valence-electron chi connectivity index (χ2n) is 7.97. The van der Waals surface area contributed by atoms with Crippen LogP contribution in [0.3, 0.4) is 0 Å². The summed E-state index contributed by atoms with van der Waals surface area (Å²) in [7, 11) is 0. The van der Waals surface area contributed by atoms with Crippen LogP contribution in [0, 0.1) is 12.7 Å². The number of amides is 2. The Hall–Kier alpha value is -4.65. The van der Waals surface area contributed by atoms with E-state index >= 15 is 0 Å². The summed E-state index contributed by atoms with van der Waals surface area (Å²) in [6.07, 6.45) is 0. The first-order chi connectivity index (χ1) is 16.5. The predicted molar refractivity (Wildman–Crippen MR) is 135 cm³/mol. The van der Waals surface area contributed by atoms with Gasteiger partial charge in [0.05, 0.1) is 22.3 Å². The second-order valence-corrected chi connectivity index (χ2v) is 7.97. The van der Waals surface area contributed by atoms with E-state index in [0.29, 0.717) is 11.5 Å². The number of nitrogens with one attached hydrogen (secondary N) is 2. The van der Waals surface area contributed by atoms with E-state index in [0.717, 1.165) is 33.3 Å². The van der Waals surface area contributed by atoms with Gasteiger partial charge in [-0.2, -0.15) is 0 Å². The van der Waals surface area contributed by atoms with Gasteiger partial charge in [-0.15, -0.1) is 5.10 Å². The first-order valence-electron chi connectivity index (χ1n) is 10.8. The SMILES string of the molecule is Cc1ccc(F)c(NC(=O)Nc2ccc(-c3cccc4c3c(N)nn4-c3ccccc3)cc2)c1. The first kappa shape index (κ1) is 21.2. The van der Waals surface area contributed by atoms with E-state index in [-0.39, 0.29) is 5.69 Å². The highest BCUT2D eigenvalue weighted by atomic mass is 19.1. The number of anilines is 3. The summed E-state index contributed by atoms with van der Waals surface area (Å²) in [6.45, 7) is 1.83. The summed E-state index contributed by atoms with van der Waals surface area (Å²) in [4.78, 5) is 12.3. The number of halogens is 1. The predicted octanol–water partition coefficient (Wildman–Crippen LogP) is 6.37. The molecule has 6 nitrogen and oxygen atoms in total. The Bertz CT molecular complexity index is 1490. The van der Waals surface area contributed by atoms with E-state index < -0.39 is 11.8 Å². The molecule has 168 valence electrons. The molecule has 1 heterocycles. The number of nitrogen functional groups attached to an aromatic ring is 1. The van der Waals surface area contributed by atoms with Gasteiger partial charge in [0.1, 0.15) is 5.82 Å². The van der Waals surface area contributed by atoms with Crippen molar-refractivity contribution in [2.24, 2.45) is 0 Å². The van der Waals surface area contributed by atoms with Gasteiger partial charge in [0, 0.05) is 5.69 Å². The Kier molecular flexibility index (Phi) is 5.43. The standard InChI is InChI=1S/C27H22FN5O/c1-17-10-15-22(28)23(16-17)31-27(34)30-19-13-11-18(12-14-19)21-8-5-9-24-25(21)26(29)32-33(24)20-6-3-2-4-7-20/h2-16H,1H3,(H2,29,32)(H2,30,31,34). The van der Waals surface area contributed by atoms with Crippen LogP contribution in [0.2, 0.25) is 0 Å². The monoisotopic (exact) mass is 451 g/mol. The minimum absolute atomic E-state index is 0.131. The Balaban J connectivity index is 1.40. The Morgan fingerprint density at radius 3 is 2.44 bits per heavy atom. The van der Waals surface area contributed by atoms with Crippen LogP contribution in [0.1, 0.15) is 5.56 Å². The fourth-order valence-electron chi connectivity index (χ4n) is 3.96. The Labute approximate surface area is 195 Å². The molecule has 4 aromatic carbocycles. The van der Waals surface area contributed by atoms with Gasteiger partial charge in [-0.1, -0.05) is 48.5 Å². The molecule has 0 spiro atoms. The quantitative estimate of drug-likeness (QED) is 0.297. The largest absolute Gasteiger partial charge is 0.382 e. The lowest BCUT2D eigenvalue weighted by molar-refractivity contribution is 0.262. The fourth-order valence-corrected chi connectivity index (χ4v) is 3.96. The van der Waals surface area contributed by atoms with E-state index in [1.807, 2.05) is 72.3 Å². The summed E-state index contributed by atoms with van der Waals surface area (Å²) in [5.41, 5.74) is 11.6. The number of nitrogens with two attached hydrogens (primary N) is 1. The van der Waals surface area contributed by atoms with Crippen molar-refractivity contribution in [2.75, 3.05) is 16.4 Å². The van der Waals surface area contributed by atoms with Crippen LogP contribution in [0.15, 0.2) is 91.0 Å². The molecular formula is C27H22FN5O. The van der Waals surface area contributed by atoms with Crippen molar-refractivity contribution in [2.45, 2.75) is 6.92 Å². The highest BCUT2D eigenvalue weighted by Gasteiger charge is 2.15.